The van der Waals surface area contributed by atoms with Crippen LogP contribution in [0.1, 0.15) is 22.3 Å². The van der Waals surface area contributed by atoms with E-state index in [1.165, 1.54) is 52.7 Å². The van der Waals surface area contributed by atoms with Gasteiger partial charge in [-0.05, 0) is 83.6 Å². The maximum absolute atomic E-state index is 13.0. The quantitative estimate of drug-likeness (QED) is 0.108. The minimum absolute atomic E-state index is 0.0526. The average Bonchev–Trinajstić information content (AvgIpc) is 3.58. The van der Waals surface area contributed by atoms with Crippen LogP contribution in [-0.2, 0) is 44.7 Å². The van der Waals surface area contributed by atoms with E-state index in [9.17, 15) is 40.2 Å². The fourth-order valence-corrected chi connectivity index (χ4v) is 7.24. The van der Waals surface area contributed by atoms with Crippen molar-refractivity contribution in [2.75, 3.05) is 41.7 Å². The van der Waals surface area contributed by atoms with E-state index in [4.69, 9.17) is 28.4 Å². The number of aliphatic hydroxyl groups is 2. The van der Waals surface area contributed by atoms with Gasteiger partial charge in [0.2, 0.25) is 0 Å². The van der Waals surface area contributed by atoms with Gasteiger partial charge in [0.25, 0.3) is 0 Å². The largest absolute Gasteiger partial charge is 0.504 e. The summed E-state index contributed by atoms with van der Waals surface area (Å²) in [4.78, 5) is 25.9. The number of ether oxygens (including phenoxy) is 6. The molecule has 0 aliphatic carbocycles. The average molecular weight is 747 g/mol. The lowest BCUT2D eigenvalue weighted by atomic mass is 9.80. The topological polar surface area (TPSA) is 211 Å². The molecule has 2 aliphatic heterocycles. The Morgan fingerprint density at radius 2 is 0.907 bits per heavy atom. The molecule has 54 heavy (non-hydrogen) atoms. The van der Waals surface area contributed by atoms with Crippen LogP contribution in [0.15, 0.2) is 60.7 Å². The summed E-state index contributed by atoms with van der Waals surface area (Å²) in [5.41, 5.74) is -1.49. The van der Waals surface area contributed by atoms with E-state index in [0.29, 0.717) is 22.3 Å². The van der Waals surface area contributed by atoms with Crippen LogP contribution in [0.4, 0.5) is 0 Å². The number of hydrogen-bond acceptors (Lipinski definition) is 14. The van der Waals surface area contributed by atoms with Crippen LogP contribution in [0, 0.1) is 11.8 Å². The molecule has 2 aliphatic rings. The summed E-state index contributed by atoms with van der Waals surface area (Å²) in [6.07, 6.45) is -0.0743. The van der Waals surface area contributed by atoms with Crippen molar-refractivity contribution in [3.63, 3.8) is 0 Å². The summed E-state index contributed by atoms with van der Waals surface area (Å²) in [5.74, 6) is -3.44. The molecule has 0 radical (unpaired) electrons. The van der Waals surface area contributed by atoms with Gasteiger partial charge < -0.3 is 59.1 Å². The fraction of sp³-hybridized carbons (Fsp3) is 0.350. The van der Waals surface area contributed by atoms with Crippen LogP contribution in [0.2, 0.25) is 0 Å². The molecule has 14 heteroatoms. The first-order valence-electron chi connectivity index (χ1n) is 17.1. The fourth-order valence-electron chi connectivity index (χ4n) is 7.24. The van der Waals surface area contributed by atoms with E-state index >= 15 is 0 Å². The molecule has 2 saturated heterocycles. The van der Waals surface area contributed by atoms with Gasteiger partial charge in [0, 0.05) is 35.8 Å². The minimum atomic E-state index is -1.94. The molecule has 0 bridgehead atoms. The van der Waals surface area contributed by atoms with Crippen LogP contribution < -0.4 is 18.9 Å². The Hall–Kier alpha value is -5.86. The van der Waals surface area contributed by atoms with Crippen molar-refractivity contribution >= 4 is 11.9 Å². The van der Waals surface area contributed by atoms with E-state index < -0.39 is 35.0 Å². The molecule has 4 unspecified atom stereocenters. The Kier molecular flexibility index (Phi) is 10.4. The van der Waals surface area contributed by atoms with Crippen molar-refractivity contribution in [3.8, 4) is 57.1 Å². The molecule has 286 valence electrons. The van der Waals surface area contributed by atoms with E-state index in [1.54, 1.807) is 36.4 Å². The molecule has 0 saturated carbocycles. The van der Waals surface area contributed by atoms with Crippen molar-refractivity contribution < 1.29 is 68.6 Å². The van der Waals surface area contributed by atoms with E-state index in [1.807, 2.05) is 0 Å². The zero-order valence-corrected chi connectivity index (χ0v) is 30.1. The smallest absolute Gasteiger partial charge is 0.338 e. The number of benzene rings is 4. The number of rotatable bonds is 13. The van der Waals surface area contributed by atoms with Gasteiger partial charge in [0.1, 0.15) is 0 Å². The molecule has 6 rings (SSSR count). The van der Waals surface area contributed by atoms with Gasteiger partial charge in [-0.15, -0.1) is 0 Å². The van der Waals surface area contributed by atoms with Crippen molar-refractivity contribution in [1.82, 2.24) is 0 Å². The number of cyclic esters (lactones) is 2. The van der Waals surface area contributed by atoms with E-state index in [0.717, 1.165) is 0 Å². The van der Waals surface area contributed by atoms with Crippen molar-refractivity contribution in [3.05, 3.63) is 82.9 Å². The summed E-state index contributed by atoms with van der Waals surface area (Å²) in [6.45, 7) is -0.195. The van der Waals surface area contributed by atoms with Gasteiger partial charge in [-0.25, -0.2) is 9.59 Å². The predicted molar refractivity (Wildman–Crippen MR) is 191 cm³/mol. The molecule has 2 heterocycles. The molecular weight excluding hydrogens is 704 g/mol. The molecular formula is C40H42O14. The lowest BCUT2D eigenvalue weighted by molar-refractivity contribution is -0.154. The molecule has 4 aromatic carbocycles. The van der Waals surface area contributed by atoms with Crippen molar-refractivity contribution in [2.45, 2.75) is 36.9 Å². The van der Waals surface area contributed by atoms with Crippen LogP contribution in [0.3, 0.4) is 0 Å². The van der Waals surface area contributed by atoms with Crippen molar-refractivity contribution in [2.24, 2.45) is 11.8 Å². The van der Waals surface area contributed by atoms with Gasteiger partial charge in [0.05, 0.1) is 41.7 Å². The van der Waals surface area contributed by atoms with E-state index in [2.05, 4.69) is 0 Å². The first-order valence-corrected chi connectivity index (χ1v) is 17.1. The molecule has 14 nitrogen and oxygen atoms in total. The highest BCUT2D eigenvalue weighted by molar-refractivity contribution is 5.84. The Morgan fingerprint density at radius 3 is 1.26 bits per heavy atom. The maximum atomic E-state index is 13.0. The molecule has 4 aromatic rings. The summed E-state index contributed by atoms with van der Waals surface area (Å²) < 4.78 is 32.0. The Bertz CT molecular complexity index is 1930. The maximum Gasteiger partial charge on any atom is 0.338 e. The molecule has 2 fully saturated rings. The first kappa shape index (κ1) is 37.9. The molecule has 6 N–H and O–H groups in total. The predicted octanol–water partition coefficient (Wildman–Crippen LogP) is 3.59. The highest BCUT2D eigenvalue weighted by Gasteiger charge is 2.52. The van der Waals surface area contributed by atoms with Crippen LogP contribution >= 0.6 is 0 Å². The van der Waals surface area contributed by atoms with Gasteiger partial charge in [-0.3, -0.25) is 0 Å². The Balaban J connectivity index is 1.33. The summed E-state index contributed by atoms with van der Waals surface area (Å²) in [5, 5.41) is 66.3. The monoisotopic (exact) mass is 746 g/mol. The number of esters is 2. The lowest BCUT2D eigenvalue weighted by Gasteiger charge is -2.26. The second-order valence-corrected chi connectivity index (χ2v) is 13.6. The number of carbonyl (C=O) groups is 2. The van der Waals surface area contributed by atoms with Crippen LogP contribution in [-0.4, -0.2) is 95.4 Å². The number of phenolic OH excluding ortho intramolecular Hbond substituents is 4. The number of phenols is 4. The second-order valence-electron chi connectivity index (χ2n) is 13.6. The highest BCUT2D eigenvalue weighted by Crippen LogP contribution is 2.47. The zero-order valence-electron chi connectivity index (χ0n) is 30.1. The Morgan fingerprint density at radius 1 is 0.556 bits per heavy atom. The molecule has 0 aromatic heterocycles. The molecule has 4 atom stereocenters. The normalized spacial score (nSPS) is 22.1. The lowest BCUT2D eigenvalue weighted by Crippen LogP contribution is -2.44. The Labute approximate surface area is 310 Å². The van der Waals surface area contributed by atoms with Gasteiger partial charge in [-0.1, -0.05) is 12.1 Å². The summed E-state index contributed by atoms with van der Waals surface area (Å²) >= 11 is 0. The standard InChI is InChI=1S/C40H42O14/c1-49-31-13-21(5-7-29(31)41)17-39(47)25(19-53-37(39)45)9-23-11-27(35(43)33(15-23)51-3)28-12-24(16-34(52-4)36(28)44)10-26-20-54-38(46)40(26,48)18-22-6-8-30(42)32(14-22)50-2/h5-8,11-16,25-26,41-44,47-48H,9-10,17-20H2,1-4H3. The first-order chi connectivity index (χ1) is 25.7. The highest BCUT2D eigenvalue weighted by atomic mass is 16.6. The number of aromatic hydroxyl groups is 4. The van der Waals surface area contributed by atoms with Gasteiger partial charge in [-0.2, -0.15) is 0 Å². The third kappa shape index (κ3) is 6.97. The number of methoxy groups -OCH3 is 4. The summed E-state index contributed by atoms with van der Waals surface area (Å²) in [6, 6.07) is 15.3. The van der Waals surface area contributed by atoms with E-state index in [-0.39, 0.29) is 96.0 Å². The van der Waals surface area contributed by atoms with Crippen molar-refractivity contribution in [1.29, 1.82) is 0 Å². The van der Waals surface area contributed by atoms with Gasteiger partial charge >= 0.3 is 11.9 Å². The third-order valence-corrected chi connectivity index (χ3v) is 10.3. The summed E-state index contributed by atoms with van der Waals surface area (Å²) in [7, 11) is 5.50. The SMILES string of the molecule is COc1cc(CC2(O)C(=O)OCC2Cc2cc(OC)c(O)c(-c3cc(CC4COC(=O)C4(O)Cc4ccc(O)c(OC)c4)cc(OC)c3O)c2)ccc1O. The van der Waals surface area contributed by atoms with Gasteiger partial charge in [0.15, 0.2) is 57.2 Å². The zero-order chi connectivity index (χ0) is 38.9. The molecule has 0 spiro atoms. The minimum Gasteiger partial charge on any atom is -0.504 e. The molecule has 0 amide bonds. The second kappa shape index (κ2) is 14.9. The van der Waals surface area contributed by atoms with Crippen LogP contribution in [0.25, 0.3) is 11.1 Å². The number of hydrogen-bond donors (Lipinski definition) is 6. The van der Waals surface area contributed by atoms with Crippen LogP contribution in [0.5, 0.6) is 46.0 Å². The number of carbonyl (C=O) groups excluding carboxylic acids is 2. The third-order valence-electron chi connectivity index (χ3n) is 10.3.